The van der Waals surface area contributed by atoms with Crippen LogP contribution in [0.25, 0.3) is 11.1 Å². The lowest BCUT2D eigenvalue weighted by atomic mass is 10.1. The molecule has 2 N–H and O–H groups in total. The first-order chi connectivity index (χ1) is 5.88. The zero-order chi connectivity index (χ0) is 8.39. The minimum atomic E-state index is 0.737. The van der Waals surface area contributed by atoms with Crippen molar-refractivity contribution in [2.24, 2.45) is 0 Å². The summed E-state index contributed by atoms with van der Waals surface area (Å²) in [6, 6.07) is 7.61. The van der Waals surface area contributed by atoms with E-state index in [0.29, 0.717) is 0 Å². The number of nitrogen functional groups attached to an aromatic ring is 1. The van der Waals surface area contributed by atoms with Gasteiger partial charge in [-0.15, -0.1) is 0 Å². The van der Waals surface area contributed by atoms with Crippen LogP contribution in [0.5, 0.6) is 0 Å². The van der Waals surface area contributed by atoms with Crippen LogP contribution < -0.4 is 5.73 Å². The molecule has 0 fully saturated rings. The number of para-hydroxylation sites is 1. The van der Waals surface area contributed by atoms with Gasteiger partial charge in [0.2, 0.25) is 0 Å². The lowest BCUT2D eigenvalue weighted by molar-refractivity contribution is 0.420. The Morgan fingerprint density at radius 2 is 2.08 bits per heavy atom. The predicted octanol–water partition coefficient (Wildman–Crippen LogP) is 1.92. The van der Waals surface area contributed by atoms with Crippen LogP contribution in [-0.2, 0) is 0 Å². The van der Waals surface area contributed by atoms with Crippen LogP contribution in [0.1, 0.15) is 0 Å². The average molecular weight is 160 g/mol. The van der Waals surface area contributed by atoms with Gasteiger partial charge in [-0.2, -0.15) is 0 Å². The topological polar surface area (TPSA) is 52.0 Å². The molecule has 0 bridgehead atoms. The molecule has 60 valence electrons. The van der Waals surface area contributed by atoms with Gasteiger partial charge in [0.05, 0.1) is 6.20 Å². The van der Waals surface area contributed by atoms with Crippen LogP contribution in [0.4, 0.5) is 5.69 Å². The Bertz CT molecular complexity index is 368. The largest absolute Gasteiger partial charge is 0.398 e. The maximum absolute atomic E-state index is 5.74. The van der Waals surface area contributed by atoms with Crippen molar-refractivity contribution in [3.63, 3.8) is 0 Å². The Morgan fingerprint density at radius 1 is 1.25 bits per heavy atom. The first kappa shape index (κ1) is 6.91. The van der Waals surface area contributed by atoms with Crippen molar-refractivity contribution in [2.75, 3.05) is 5.73 Å². The van der Waals surface area contributed by atoms with E-state index in [1.165, 1.54) is 0 Å². The van der Waals surface area contributed by atoms with E-state index in [-0.39, 0.29) is 0 Å². The molecule has 12 heavy (non-hydrogen) atoms. The second-order valence-corrected chi connectivity index (χ2v) is 2.50. The van der Waals surface area contributed by atoms with E-state index in [2.05, 4.69) is 5.16 Å². The van der Waals surface area contributed by atoms with Crippen LogP contribution >= 0.6 is 0 Å². The van der Waals surface area contributed by atoms with Crippen LogP contribution in [0.2, 0.25) is 0 Å². The molecule has 3 nitrogen and oxygen atoms in total. The molecule has 0 radical (unpaired) electrons. The number of nitrogens with two attached hydrogens (primary N) is 1. The first-order valence-electron chi connectivity index (χ1n) is 3.62. The molecule has 0 spiro atoms. The van der Waals surface area contributed by atoms with E-state index in [9.17, 15) is 0 Å². The van der Waals surface area contributed by atoms with E-state index < -0.39 is 0 Å². The molecular weight excluding hydrogens is 152 g/mol. The molecule has 0 atom stereocenters. The average Bonchev–Trinajstić information content (AvgIpc) is 2.57. The molecule has 2 rings (SSSR count). The Kier molecular flexibility index (Phi) is 1.55. The fraction of sp³-hybridized carbons (Fsp3) is 0. The third-order valence-corrected chi connectivity index (χ3v) is 1.70. The minimum Gasteiger partial charge on any atom is -0.398 e. The number of aromatic nitrogens is 1. The van der Waals surface area contributed by atoms with Gasteiger partial charge in [-0.05, 0) is 6.07 Å². The van der Waals surface area contributed by atoms with Gasteiger partial charge in [-0.1, -0.05) is 23.4 Å². The fourth-order valence-electron chi connectivity index (χ4n) is 1.10. The fourth-order valence-corrected chi connectivity index (χ4v) is 1.10. The lowest BCUT2D eigenvalue weighted by Gasteiger charge is -1.99. The molecule has 3 heteroatoms. The molecule has 0 aliphatic carbocycles. The molecular formula is C9H8N2O. The van der Waals surface area contributed by atoms with Crippen molar-refractivity contribution >= 4 is 5.69 Å². The molecule has 2 aromatic rings. The summed E-state index contributed by atoms with van der Waals surface area (Å²) in [5.74, 6) is 0. The Balaban J connectivity index is 2.55. The van der Waals surface area contributed by atoms with Gasteiger partial charge in [0.15, 0.2) is 0 Å². The summed E-state index contributed by atoms with van der Waals surface area (Å²) in [6.45, 7) is 0. The molecule has 0 aliphatic rings. The summed E-state index contributed by atoms with van der Waals surface area (Å²) < 4.78 is 4.72. The Hall–Kier alpha value is -1.77. The molecule has 0 amide bonds. The summed E-state index contributed by atoms with van der Waals surface area (Å²) in [4.78, 5) is 0. The monoisotopic (exact) mass is 160 g/mol. The molecule has 1 aromatic carbocycles. The van der Waals surface area contributed by atoms with Crippen LogP contribution in [0, 0.1) is 0 Å². The number of hydrogen-bond donors (Lipinski definition) is 1. The summed E-state index contributed by atoms with van der Waals surface area (Å²) >= 11 is 0. The van der Waals surface area contributed by atoms with Crippen molar-refractivity contribution in [3.05, 3.63) is 36.7 Å². The highest BCUT2D eigenvalue weighted by molar-refractivity contribution is 5.74. The van der Waals surface area contributed by atoms with Gasteiger partial charge in [0, 0.05) is 16.8 Å². The summed E-state index contributed by atoms with van der Waals surface area (Å²) in [5.41, 5.74) is 8.35. The second-order valence-electron chi connectivity index (χ2n) is 2.50. The van der Waals surface area contributed by atoms with E-state index in [1.807, 2.05) is 24.3 Å². The van der Waals surface area contributed by atoms with Crippen molar-refractivity contribution in [1.82, 2.24) is 5.16 Å². The summed E-state index contributed by atoms with van der Waals surface area (Å²) in [5, 5.41) is 3.61. The van der Waals surface area contributed by atoms with E-state index in [0.717, 1.165) is 16.8 Å². The highest BCUT2D eigenvalue weighted by Gasteiger charge is 2.02. The number of rotatable bonds is 1. The number of nitrogens with zero attached hydrogens (tertiary/aromatic N) is 1. The summed E-state index contributed by atoms with van der Waals surface area (Å²) in [7, 11) is 0. The van der Waals surface area contributed by atoms with E-state index >= 15 is 0 Å². The molecule has 1 heterocycles. The molecule has 0 aliphatic heterocycles. The van der Waals surface area contributed by atoms with Crippen LogP contribution in [0.3, 0.4) is 0 Å². The quantitative estimate of drug-likeness (QED) is 0.648. The molecule has 0 saturated carbocycles. The summed E-state index contributed by atoms with van der Waals surface area (Å²) in [6.07, 6.45) is 3.22. The first-order valence-corrected chi connectivity index (χ1v) is 3.62. The SMILES string of the molecule is Nc1ccccc1-c1cnoc1. The van der Waals surface area contributed by atoms with E-state index in [1.54, 1.807) is 12.5 Å². The Morgan fingerprint density at radius 3 is 2.75 bits per heavy atom. The smallest absolute Gasteiger partial charge is 0.131 e. The number of hydrogen-bond acceptors (Lipinski definition) is 3. The predicted molar refractivity (Wildman–Crippen MR) is 46.4 cm³/mol. The van der Waals surface area contributed by atoms with Crippen molar-refractivity contribution in [3.8, 4) is 11.1 Å². The minimum absolute atomic E-state index is 0.737. The third-order valence-electron chi connectivity index (χ3n) is 1.70. The van der Waals surface area contributed by atoms with Crippen molar-refractivity contribution in [2.45, 2.75) is 0 Å². The number of anilines is 1. The second kappa shape index (κ2) is 2.70. The van der Waals surface area contributed by atoms with Crippen LogP contribution in [0.15, 0.2) is 41.2 Å². The third kappa shape index (κ3) is 1.05. The zero-order valence-electron chi connectivity index (χ0n) is 6.40. The molecule has 0 unspecified atom stereocenters. The normalized spacial score (nSPS) is 10.0. The zero-order valence-corrected chi connectivity index (χ0v) is 6.40. The number of benzene rings is 1. The van der Waals surface area contributed by atoms with Gasteiger partial charge in [-0.3, -0.25) is 0 Å². The highest BCUT2D eigenvalue weighted by Crippen LogP contribution is 2.24. The van der Waals surface area contributed by atoms with Gasteiger partial charge < -0.3 is 10.3 Å². The van der Waals surface area contributed by atoms with Gasteiger partial charge in [0.25, 0.3) is 0 Å². The van der Waals surface area contributed by atoms with Crippen LogP contribution in [-0.4, -0.2) is 5.16 Å². The maximum Gasteiger partial charge on any atom is 0.131 e. The standard InChI is InChI=1S/C9H8N2O/c10-9-4-2-1-3-8(9)7-5-11-12-6-7/h1-6H,10H2. The highest BCUT2D eigenvalue weighted by atomic mass is 16.5. The van der Waals surface area contributed by atoms with Gasteiger partial charge in [0.1, 0.15) is 6.26 Å². The van der Waals surface area contributed by atoms with Crippen molar-refractivity contribution < 1.29 is 4.52 Å². The van der Waals surface area contributed by atoms with E-state index in [4.69, 9.17) is 10.3 Å². The lowest BCUT2D eigenvalue weighted by Crippen LogP contribution is -1.87. The molecule has 0 saturated heterocycles. The van der Waals surface area contributed by atoms with Gasteiger partial charge >= 0.3 is 0 Å². The Labute approximate surface area is 69.8 Å². The van der Waals surface area contributed by atoms with Gasteiger partial charge in [-0.25, -0.2) is 0 Å². The maximum atomic E-state index is 5.74. The molecule has 1 aromatic heterocycles. The van der Waals surface area contributed by atoms with Crippen molar-refractivity contribution in [1.29, 1.82) is 0 Å².